The van der Waals surface area contributed by atoms with E-state index in [2.05, 4.69) is 0 Å². The summed E-state index contributed by atoms with van der Waals surface area (Å²) >= 11 is 0. The molecule has 5 nitrogen and oxygen atoms in total. The number of aliphatic hydroxyl groups excluding tert-OH is 1. The molecule has 0 heterocycles. The molecule has 0 atom stereocenters. The molecule has 6 N–H and O–H groups in total. The molecule has 0 unspecified atom stereocenters. The third kappa shape index (κ3) is 5.35. The Morgan fingerprint density at radius 2 is 1.57 bits per heavy atom. The predicted molar refractivity (Wildman–Crippen MR) is 20.9 cm³/mol. The minimum atomic E-state index is -2.23. The molecular weight excluding hydrogens is 102 g/mol. The summed E-state index contributed by atoms with van der Waals surface area (Å²) in [4.78, 5) is 9.20. The Morgan fingerprint density at radius 1 is 1.43 bits per heavy atom. The average molecular weight is 109 g/mol. The number of hydrogen-bond donors (Lipinski definition) is 4. The molecule has 0 bridgehead atoms. The zero-order valence-corrected chi connectivity index (χ0v) is 3.53. The molecule has 0 aliphatic heterocycles. The van der Waals surface area contributed by atoms with E-state index in [1.165, 1.54) is 0 Å². The van der Waals surface area contributed by atoms with Gasteiger partial charge in [0.05, 0.1) is 0 Å². The third-order valence-corrected chi connectivity index (χ3v) is 0.221. The van der Waals surface area contributed by atoms with Crippen LogP contribution < -0.4 is 6.15 Å². The molecule has 5 heteroatoms. The Bertz CT molecular complexity index is 60.7. The van der Waals surface area contributed by atoms with Gasteiger partial charge in [0.25, 0.3) is 6.29 Å². The average Bonchev–Trinajstić information content (AvgIpc) is 1.36. The van der Waals surface area contributed by atoms with E-state index in [0.29, 0.717) is 0 Å². The lowest BCUT2D eigenvalue weighted by atomic mass is 10.7. The van der Waals surface area contributed by atoms with Crippen LogP contribution in [-0.4, -0.2) is 27.6 Å². The van der Waals surface area contributed by atoms with Gasteiger partial charge in [0.15, 0.2) is 0 Å². The highest BCUT2D eigenvalue weighted by Gasteiger charge is 2.04. The second-order valence-corrected chi connectivity index (χ2v) is 0.712. The van der Waals surface area contributed by atoms with Gasteiger partial charge < -0.3 is 21.5 Å². The molecule has 0 fully saturated rings. The van der Waals surface area contributed by atoms with Crippen LogP contribution in [-0.2, 0) is 4.79 Å². The number of rotatable bonds is 1. The van der Waals surface area contributed by atoms with Crippen LogP contribution in [0, 0.1) is 0 Å². The van der Waals surface area contributed by atoms with Crippen LogP contribution in [0.1, 0.15) is 0 Å². The molecule has 0 radical (unpaired) electrons. The van der Waals surface area contributed by atoms with Crippen LogP contribution in [0.4, 0.5) is 0 Å². The van der Waals surface area contributed by atoms with E-state index in [-0.39, 0.29) is 6.15 Å². The molecule has 0 rings (SSSR count). The molecule has 0 aromatic carbocycles. The number of aliphatic hydroxyl groups is 2. The molecule has 0 spiro atoms. The van der Waals surface area contributed by atoms with E-state index < -0.39 is 12.3 Å². The van der Waals surface area contributed by atoms with Crippen molar-refractivity contribution in [2.45, 2.75) is 6.29 Å². The van der Waals surface area contributed by atoms with E-state index in [4.69, 9.17) is 15.3 Å². The first kappa shape index (κ1) is 9.61. The zero-order chi connectivity index (χ0) is 5.15. The normalized spacial score (nSPS) is 7.86. The van der Waals surface area contributed by atoms with Gasteiger partial charge in [-0.15, -0.1) is 0 Å². The Balaban J connectivity index is 0. The Hall–Kier alpha value is -0.650. The summed E-state index contributed by atoms with van der Waals surface area (Å²) in [5.74, 6) is -1.63. The van der Waals surface area contributed by atoms with Gasteiger partial charge in [-0.1, -0.05) is 0 Å². The van der Waals surface area contributed by atoms with Crippen LogP contribution in [0.25, 0.3) is 0 Å². The Kier molecular flexibility index (Phi) is 4.85. The quantitative estimate of drug-likeness (QED) is 0.307. The molecular formula is C2H7NO4. The second kappa shape index (κ2) is 3.54. The van der Waals surface area contributed by atoms with Gasteiger partial charge in [0.1, 0.15) is 0 Å². The van der Waals surface area contributed by atoms with Crippen molar-refractivity contribution < 1.29 is 20.1 Å². The Labute approximate surface area is 39.8 Å². The highest BCUT2D eigenvalue weighted by atomic mass is 16.5. The van der Waals surface area contributed by atoms with E-state index in [0.717, 1.165) is 0 Å². The summed E-state index contributed by atoms with van der Waals surface area (Å²) in [7, 11) is 0. The summed E-state index contributed by atoms with van der Waals surface area (Å²) < 4.78 is 0. The second-order valence-electron chi connectivity index (χ2n) is 0.712. The van der Waals surface area contributed by atoms with Crippen molar-refractivity contribution in [3.63, 3.8) is 0 Å². The molecule has 0 saturated carbocycles. The van der Waals surface area contributed by atoms with Crippen molar-refractivity contribution in [1.29, 1.82) is 0 Å². The maximum Gasteiger partial charge on any atom is 0.360 e. The highest BCUT2D eigenvalue weighted by molar-refractivity contribution is 5.69. The van der Waals surface area contributed by atoms with Crippen molar-refractivity contribution in [3.8, 4) is 0 Å². The molecule has 0 saturated heterocycles. The van der Waals surface area contributed by atoms with Crippen molar-refractivity contribution in [2.24, 2.45) is 0 Å². The molecule has 0 aromatic rings. The summed E-state index contributed by atoms with van der Waals surface area (Å²) in [6.45, 7) is 0. The van der Waals surface area contributed by atoms with Crippen molar-refractivity contribution in [1.82, 2.24) is 6.15 Å². The summed E-state index contributed by atoms with van der Waals surface area (Å²) in [6.07, 6.45) is -2.23. The molecule has 0 aliphatic carbocycles. The SMILES string of the molecule is N.O=C(O)C(O)O. The lowest BCUT2D eigenvalue weighted by Crippen LogP contribution is -2.17. The Morgan fingerprint density at radius 3 is 1.57 bits per heavy atom. The fraction of sp³-hybridized carbons (Fsp3) is 0.500. The van der Waals surface area contributed by atoms with Gasteiger partial charge in [-0.2, -0.15) is 0 Å². The largest absolute Gasteiger partial charge is 0.477 e. The van der Waals surface area contributed by atoms with Crippen LogP contribution in [0.3, 0.4) is 0 Å². The van der Waals surface area contributed by atoms with Gasteiger partial charge in [-0.25, -0.2) is 4.79 Å². The van der Waals surface area contributed by atoms with Crippen LogP contribution in [0.5, 0.6) is 0 Å². The van der Waals surface area contributed by atoms with E-state index in [1.54, 1.807) is 0 Å². The number of carboxylic acids is 1. The first-order valence-electron chi connectivity index (χ1n) is 1.23. The summed E-state index contributed by atoms with van der Waals surface area (Å²) in [5, 5.41) is 22.7. The highest BCUT2D eigenvalue weighted by Crippen LogP contribution is 1.67. The third-order valence-electron chi connectivity index (χ3n) is 0.221. The number of aliphatic carboxylic acids is 1. The number of carbonyl (C=O) groups is 1. The minimum Gasteiger partial charge on any atom is -0.477 e. The lowest BCUT2D eigenvalue weighted by molar-refractivity contribution is -0.165. The monoisotopic (exact) mass is 109 g/mol. The maximum absolute atomic E-state index is 9.20. The van der Waals surface area contributed by atoms with E-state index in [1.807, 2.05) is 0 Å². The smallest absolute Gasteiger partial charge is 0.360 e. The number of hydrogen-bond acceptors (Lipinski definition) is 4. The standard InChI is InChI=1S/C2H4O4.H3N/c3-1(4)2(5)6;/h1,3-4H,(H,5,6);1H3. The van der Waals surface area contributed by atoms with Crippen LogP contribution >= 0.6 is 0 Å². The van der Waals surface area contributed by atoms with Gasteiger partial charge in [-0.3, -0.25) is 0 Å². The minimum absolute atomic E-state index is 0. The fourth-order valence-corrected chi connectivity index (χ4v) is 0. The van der Waals surface area contributed by atoms with Gasteiger partial charge in [-0.05, 0) is 0 Å². The lowest BCUT2D eigenvalue weighted by Gasteiger charge is -1.88. The fourth-order valence-electron chi connectivity index (χ4n) is 0. The maximum atomic E-state index is 9.20. The van der Waals surface area contributed by atoms with Crippen LogP contribution in [0.2, 0.25) is 0 Å². The first-order chi connectivity index (χ1) is 2.64. The topological polar surface area (TPSA) is 113 Å². The molecule has 0 aromatic heterocycles. The molecule has 7 heavy (non-hydrogen) atoms. The molecule has 44 valence electrons. The van der Waals surface area contributed by atoms with Gasteiger partial charge >= 0.3 is 5.97 Å². The predicted octanol–water partition coefficient (Wildman–Crippen LogP) is -1.46. The summed E-state index contributed by atoms with van der Waals surface area (Å²) in [5.41, 5.74) is 0. The van der Waals surface area contributed by atoms with Crippen molar-refractivity contribution >= 4 is 5.97 Å². The van der Waals surface area contributed by atoms with E-state index in [9.17, 15) is 4.79 Å². The van der Waals surface area contributed by atoms with Crippen molar-refractivity contribution in [3.05, 3.63) is 0 Å². The molecule has 0 amide bonds. The zero-order valence-electron chi connectivity index (χ0n) is 3.53. The van der Waals surface area contributed by atoms with E-state index >= 15 is 0 Å². The molecule has 0 aliphatic rings. The summed E-state index contributed by atoms with van der Waals surface area (Å²) in [6, 6.07) is 0. The first-order valence-corrected chi connectivity index (χ1v) is 1.23. The van der Waals surface area contributed by atoms with Gasteiger partial charge in [0.2, 0.25) is 0 Å². The van der Waals surface area contributed by atoms with Crippen molar-refractivity contribution in [2.75, 3.05) is 0 Å². The van der Waals surface area contributed by atoms with Crippen LogP contribution in [0.15, 0.2) is 0 Å². The van der Waals surface area contributed by atoms with Gasteiger partial charge in [0, 0.05) is 0 Å². The number of carboxylic acid groups (broad SMARTS) is 1.